The van der Waals surface area contributed by atoms with Gasteiger partial charge in [0.2, 0.25) is 5.91 Å². The van der Waals surface area contributed by atoms with Crippen LogP contribution >= 0.6 is 11.8 Å². The average Bonchev–Trinajstić information content (AvgIpc) is 2.86. The van der Waals surface area contributed by atoms with E-state index in [1.54, 1.807) is 12.1 Å². The summed E-state index contributed by atoms with van der Waals surface area (Å²) >= 11 is 1.50. The lowest BCUT2D eigenvalue weighted by Crippen LogP contribution is -2.41. The molecule has 0 aliphatic carbocycles. The molecule has 1 aromatic carbocycles. The van der Waals surface area contributed by atoms with Crippen molar-refractivity contribution in [3.63, 3.8) is 0 Å². The first kappa shape index (κ1) is 22.8. The van der Waals surface area contributed by atoms with Crippen molar-refractivity contribution in [2.45, 2.75) is 36.4 Å². The van der Waals surface area contributed by atoms with Crippen LogP contribution in [0, 0.1) is 5.82 Å². The number of hydrogen-bond acceptors (Lipinski definition) is 8. The maximum Gasteiger partial charge on any atom is 0.235 e. The summed E-state index contributed by atoms with van der Waals surface area (Å²) < 4.78 is 31.5. The number of carbonyl (C=O) groups is 1. The highest BCUT2D eigenvalue weighted by atomic mass is 32.2. The van der Waals surface area contributed by atoms with E-state index in [-0.39, 0.29) is 23.6 Å². The molecule has 3 aromatic rings. The van der Waals surface area contributed by atoms with Gasteiger partial charge in [-0.25, -0.2) is 9.37 Å². The number of aromatic nitrogens is 2. The van der Waals surface area contributed by atoms with Gasteiger partial charge in [0.25, 0.3) is 0 Å². The van der Waals surface area contributed by atoms with Gasteiger partial charge >= 0.3 is 0 Å². The Morgan fingerprint density at radius 3 is 3.03 bits per heavy atom. The van der Waals surface area contributed by atoms with E-state index in [1.165, 1.54) is 31.1 Å². The second-order valence-electron chi connectivity index (χ2n) is 8.22. The summed E-state index contributed by atoms with van der Waals surface area (Å²) in [5, 5.41) is 6.88. The zero-order valence-corrected chi connectivity index (χ0v) is 19.5. The van der Waals surface area contributed by atoms with Gasteiger partial charge in [0.1, 0.15) is 29.4 Å². The zero-order valence-electron chi connectivity index (χ0n) is 18.7. The molecule has 0 saturated carbocycles. The topological polar surface area (TPSA) is 94.6 Å². The number of amides is 1. The smallest absolute Gasteiger partial charge is 0.235 e. The molecule has 0 spiro atoms. The van der Waals surface area contributed by atoms with E-state index in [9.17, 15) is 9.18 Å². The van der Waals surface area contributed by atoms with Gasteiger partial charge in [-0.3, -0.25) is 9.78 Å². The van der Waals surface area contributed by atoms with Gasteiger partial charge in [-0.1, -0.05) is 0 Å². The lowest BCUT2D eigenvalue weighted by Gasteiger charge is -2.29. The van der Waals surface area contributed by atoms with Gasteiger partial charge < -0.3 is 24.8 Å². The molecule has 10 heteroatoms. The Morgan fingerprint density at radius 2 is 2.21 bits per heavy atom. The highest BCUT2D eigenvalue weighted by molar-refractivity contribution is 8.00. The summed E-state index contributed by atoms with van der Waals surface area (Å²) in [5.74, 6) is 1.57. The maximum absolute atomic E-state index is 14.3. The van der Waals surface area contributed by atoms with E-state index < -0.39 is 5.82 Å². The second kappa shape index (κ2) is 10.1. The summed E-state index contributed by atoms with van der Waals surface area (Å²) in [6.07, 6.45) is 3.26. The molecule has 1 saturated heterocycles. The van der Waals surface area contributed by atoms with Gasteiger partial charge in [-0.05, 0) is 37.1 Å². The van der Waals surface area contributed by atoms with Crippen LogP contribution in [0.2, 0.25) is 0 Å². The van der Waals surface area contributed by atoms with Crippen LogP contribution in [-0.2, 0) is 16.1 Å². The van der Waals surface area contributed by atoms with Gasteiger partial charge in [-0.2, -0.15) is 0 Å². The normalized spacial score (nSPS) is 20.0. The van der Waals surface area contributed by atoms with Crippen LogP contribution in [0.25, 0.3) is 10.9 Å². The minimum Gasteiger partial charge on any atom is -0.497 e. The number of methoxy groups -OCH3 is 1. The maximum atomic E-state index is 14.3. The molecule has 2 aromatic heterocycles. The fourth-order valence-corrected chi connectivity index (χ4v) is 4.80. The molecule has 1 amide bonds. The third kappa shape index (κ3) is 5.08. The molecule has 5 rings (SSSR count). The first-order valence-electron chi connectivity index (χ1n) is 11.1. The summed E-state index contributed by atoms with van der Waals surface area (Å²) in [7, 11) is 1.50. The fraction of sp³-hybridized carbons (Fsp3) is 0.375. The quantitative estimate of drug-likeness (QED) is 0.526. The van der Waals surface area contributed by atoms with E-state index in [1.807, 2.05) is 12.1 Å². The number of carbonyl (C=O) groups excluding carboxylic acids is 1. The van der Waals surface area contributed by atoms with Crippen molar-refractivity contribution in [1.29, 1.82) is 0 Å². The van der Waals surface area contributed by atoms with Crippen LogP contribution in [0.3, 0.4) is 0 Å². The molecule has 178 valence electrons. The first-order chi connectivity index (χ1) is 16.6. The Morgan fingerprint density at radius 1 is 1.29 bits per heavy atom. The molecule has 8 nitrogen and oxygen atoms in total. The summed E-state index contributed by atoms with van der Waals surface area (Å²) in [6.45, 7) is 1.53. The predicted molar refractivity (Wildman–Crippen MR) is 127 cm³/mol. The highest BCUT2D eigenvalue weighted by Gasteiger charge is 2.23. The number of halogens is 1. The van der Waals surface area contributed by atoms with E-state index >= 15 is 0 Å². The molecule has 2 aliphatic rings. The van der Waals surface area contributed by atoms with Gasteiger partial charge in [0, 0.05) is 30.2 Å². The van der Waals surface area contributed by atoms with Crippen LogP contribution in [0.5, 0.6) is 11.5 Å². The molecule has 0 radical (unpaired) electrons. The third-order valence-corrected chi connectivity index (χ3v) is 6.91. The number of thioether (sulfide) groups is 1. The Bertz CT molecular complexity index is 1200. The molecule has 34 heavy (non-hydrogen) atoms. The number of nitrogens with one attached hydrogen (secondary N) is 2. The Labute approximate surface area is 200 Å². The standard InChI is InChI=1S/C24H25FN4O4S/c1-31-17-8-18-20(6-7-26-23(18)19(25)9-17)33-12-16-4-2-15(11-32-16)27-10-14-3-5-21-24(28-14)29-22(30)13-34-21/h3,5-9,15-16,27H,2,4,10-13H2,1H3,(H,28,29,30)/t15-,16+/m1/s1. The number of pyridine rings is 2. The van der Waals surface area contributed by atoms with E-state index in [0.717, 1.165) is 23.4 Å². The third-order valence-electron chi connectivity index (χ3n) is 5.87. The number of nitrogens with zero attached hydrogens (tertiary/aromatic N) is 2. The Balaban J connectivity index is 1.12. The van der Waals surface area contributed by atoms with Crippen LogP contribution in [0.4, 0.5) is 10.2 Å². The van der Waals surface area contributed by atoms with E-state index in [4.69, 9.17) is 14.2 Å². The fourth-order valence-electron chi connectivity index (χ4n) is 4.04. The van der Waals surface area contributed by atoms with Crippen molar-refractivity contribution in [2.24, 2.45) is 0 Å². The van der Waals surface area contributed by atoms with E-state index in [0.29, 0.717) is 48.2 Å². The Kier molecular flexibility index (Phi) is 6.80. The van der Waals surface area contributed by atoms with Crippen molar-refractivity contribution in [3.8, 4) is 11.5 Å². The predicted octanol–water partition coefficient (Wildman–Crippen LogP) is 3.54. The van der Waals surface area contributed by atoms with Gasteiger partial charge in [-0.15, -0.1) is 11.8 Å². The van der Waals surface area contributed by atoms with Crippen molar-refractivity contribution < 1.29 is 23.4 Å². The van der Waals surface area contributed by atoms with Crippen LogP contribution in [-0.4, -0.2) is 54.1 Å². The molecule has 4 heterocycles. The number of benzene rings is 1. The molecular weight excluding hydrogens is 459 g/mol. The zero-order chi connectivity index (χ0) is 23.5. The molecule has 1 fully saturated rings. The lowest BCUT2D eigenvalue weighted by atomic mass is 10.1. The molecule has 0 unspecified atom stereocenters. The van der Waals surface area contributed by atoms with Gasteiger partial charge in [0.15, 0.2) is 5.82 Å². The Hall–Kier alpha value is -2.95. The largest absolute Gasteiger partial charge is 0.497 e. The monoisotopic (exact) mass is 484 g/mol. The SMILES string of the molecule is COc1cc(F)c2nccc(OC[C@@H]3CC[C@@H](NCc4ccc5c(n4)NC(=O)CS5)CO3)c2c1. The molecule has 2 N–H and O–H groups in total. The minimum absolute atomic E-state index is 0.0203. The van der Waals surface area contributed by atoms with Crippen LogP contribution in [0.15, 0.2) is 41.4 Å². The summed E-state index contributed by atoms with van der Waals surface area (Å²) in [4.78, 5) is 21.3. The van der Waals surface area contributed by atoms with Crippen molar-refractivity contribution in [2.75, 3.05) is 31.4 Å². The van der Waals surface area contributed by atoms with Crippen molar-refractivity contribution in [1.82, 2.24) is 15.3 Å². The van der Waals surface area contributed by atoms with Crippen molar-refractivity contribution >= 4 is 34.4 Å². The van der Waals surface area contributed by atoms with Crippen molar-refractivity contribution in [3.05, 3.63) is 48.0 Å². The summed E-state index contributed by atoms with van der Waals surface area (Å²) in [6, 6.07) is 8.94. The molecule has 2 atom stereocenters. The number of ether oxygens (including phenoxy) is 3. The van der Waals surface area contributed by atoms with Crippen LogP contribution in [0.1, 0.15) is 18.5 Å². The second-order valence-corrected chi connectivity index (χ2v) is 9.24. The number of anilines is 1. The molecule has 2 aliphatic heterocycles. The van der Waals surface area contributed by atoms with Gasteiger partial charge in [0.05, 0.1) is 36.2 Å². The first-order valence-corrected chi connectivity index (χ1v) is 12.1. The average molecular weight is 485 g/mol. The lowest BCUT2D eigenvalue weighted by molar-refractivity contribution is -0.113. The molecule has 0 bridgehead atoms. The van der Waals surface area contributed by atoms with E-state index in [2.05, 4.69) is 20.6 Å². The van der Waals surface area contributed by atoms with Crippen LogP contribution < -0.4 is 20.1 Å². The number of rotatable bonds is 7. The number of hydrogen-bond donors (Lipinski definition) is 2. The highest BCUT2D eigenvalue weighted by Crippen LogP contribution is 2.31. The number of fused-ring (bicyclic) bond motifs is 2. The minimum atomic E-state index is -0.447. The summed E-state index contributed by atoms with van der Waals surface area (Å²) in [5.41, 5.74) is 1.13. The molecular formula is C24H25FN4O4S.